The largest absolute Gasteiger partial charge is 0.493 e. The Balaban J connectivity index is 1.42. The highest BCUT2D eigenvalue weighted by molar-refractivity contribution is 5.69. The second-order valence-corrected chi connectivity index (χ2v) is 6.61. The van der Waals surface area contributed by atoms with Crippen molar-refractivity contribution in [2.45, 2.75) is 12.8 Å². The number of hydrogen-bond donors (Lipinski definition) is 1. The van der Waals surface area contributed by atoms with E-state index in [2.05, 4.69) is 44.6 Å². The summed E-state index contributed by atoms with van der Waals surface area (Å²) in [4.78, 5) is 6.85. The number of ether oxygens (including phenoxy) is 2. The van der Waals surface area contributed by atoms with Gasteiger partial charge in [0.1, 0.15) is 0 Å². The first kappa shape index (κ1) is 18.2. The fraction of sp³-hybridized carbons (Fsp3) is 0.333. The fourth-order valence-corrected chi connectivity index (χ4v) is 3.61. The highest BCUT2D eigenvalue weighted by Crippen LogP contribution is 2.36. The first-order valence-corrected chi connectivity index (χ1v) is 9.42. The number of nitrogens with one attached hydrogen (secondary N) is 1. The molecule has 0 spiro atoms. The summed E-state index contributed by atoms with van der Waals surface area (Å²) < 4.78 is 16.1. The lowest BCUT2D eigenvalue weighted by molar-refractivity contribution is 0.355. The van der Waals surface area contributed by atoms with Crippen molar-refractivity contribution in [2.24, 2.45) is 0 Å². The number of nitrogens with zero attached hydrogens (tertiary/aromatic N) is 3. The van der Waals surface area contributed by atoms with Gasteiger partial charge < -0.3 is 24.2 Å². The number of hydrogen-bond acceptors (Lipinski definition) is 7. The monoisotopic (exact) mass is 380 g/mol. The summed E-state index contributed by atoms with van der Waals surface area (Å²) in [6.45, 7) is 2.65. The first-order chi connectivity index (χ1) is 13.8. The van der Waals surface area contributed by atoms with Gasteiger partial charge in [0.05, 0.1) is 19.8 Å². The van der Waals surface area contributed by atoms with Gasteiger partial charge in [0.2, 0.25) is 5.82 Å². The molecule has 7 nitrogen and oxygen atoms in total. The van der Waals surface area contributed by atoms with Gasteiger partial charge >= 0.3 is 6.01 Å². The summed E-state index contributed by atoms with van der Waals surface area (Å²) in [6.07, 6.45) is 2.33. The Morgan fingerprint density at radius 2 is 2.00 bits per heavy atom. The molecule has 0 radical (unpaired) electrons. The molecular formula is C21H24N4O3. The van der Waals surface area contributed by atoms with E-state index < -0.39 is 0 Å². The normalized spacial score (nSPS) is 13.1. The standard InChI is InChI=1S/C21H24N4O3/c1-26-18-11-5-9-16(19(18)27-2)20-23-21(28-24-20)22-12-14-25-13-6-8-15-7-3-4-10-17(15)25/h3-5,7,9-11H,6,8,12-14H2,1-2H3,(H,22,23,24). The maximum Gasteiger partial charge on any atom is 0.321 e. The highest BCUT2D eigenvalue weighted by atomic mass is 16.5. The van der Waals surface area contributed by atoms with Gasteiger partial charge in [0, 0.05) is 25.3 Å². The molecule has 0 saturated carbocycles. The highest BCUT2D eigenvalue weighted by Gasteiger charge is 2.18. The fourth-order valence-electron chi connectivity index (χ4n) is 3.61. The number of methoxy groups -OCH3 is 2. The maximum atomic E-state index is 5.45. The van der Waals surface area contributed by atoms with Crippen molar-refractivity contribution in [3.63, 3.8) is 0 Å². The molecule has 0 unspecified atom stereocenters. The van der Waals surface area contributed by atoms with Crippen molar-refractivity contribution in [1.29, 1.82) is 0 Å². The molecule has 0 amide bonds. The summed E-state index contributed by atoms with van der Waals surface area (Å²) in [5.41, 5.74) is 3.46. The van der Waals surface area contributed by atoms with Crippen LogP contribution >= 0.6 is 0 Å². The van der Waals surface area contributed by atoms with Crippen LogP contribution < -0.4 is 19.7 Å². The van der Waals surface area contributed by atoms with Crippen LogP contribution in [0.15, 0.2) is 47.0 Å². The van der Waals surface area contributed by atoms with Crippen molar-refractivity contribution >= 4 is 11.7 Å². The SMILES string of the molecule is COc1cccc(-c2noc(NCCN3CCCc4ccccc43)n2)c1OC. The van der Waals surface area contributed by atoms with Gasteiger partial charge in [-0.2, -0.15) is 4.98 Å². The minimum atomic E-state index is 0.394. The number of anilines is 2. The lowest BCUT2D eigenvalue weighted by Gasteiger charge is -2.31. The number of aryl methyl sites for hydroxylation is 1. The van der Waals surface area contributed by atoms with Gasteiger partial charge in [-0.15, -0.1) is 0 Å². The van der Waals surface area contributed by atoms with Crippen molar-refractivity contribution in [2.75, 3.05) is 44.1 Å². The Bertz CT molecular complexity index is 941. The van der Waals surface area contributed by atoms with Gasteiger partial charge in [-0.05, 0) is 36.6 Å². The van der Waals surface area contributed by atoms with Crippen molar-refractivity contribution < 1.29 is 14.0 Å². The summed E-state index contributed by atoms with van der Waals surface area (Å²) in [6, 6.07) is 14.6. The second kappa shape index (κ2) is 8.21. The van der Waals surface area contributed by atoms with E-state index in [0.29, 0.717) is 29.9 Å². The zero-order valence-corrected chi connectivity index (χ0v) is 16.1. The van der Waals surface area contributed by atoms with Crippen LogP contribution in [0.3, 0.4) is 0 Å². The van der Waals surface area contributed by atoms with Crippen LogP contribution in [-0.2, 0) is 6.42 Å². The molecule has 1 aromatic heterocycles. The predicted octanol–water partition coefficient (Wildman–Crippen LogP) is 3.62. The van der Waals surface area contributed by atoms with Crippen molar-refractivity contribution in [3.8, 4) is 22.9 Å². The van der Waals surface area contributed by atoms with Crippen LogP contribution in [0, 0.1) is 0 Å². The van der Waals surface area contributed by atoms with Gasteiger partial charge in [0.25, 0.3) is 0 Å². The molecule has 1 aliphatic heterocycles. The smallest absolute Gasteiger partial charge is 0.321 e. The van der Waals surface area contributed by atoms with E-state index in [1.54, 1.807) is 14.2 Å². The molecule has 7 heteroatoms. The molecule has 0 saturated heterocycles. The van der Waals surface area contributed by atoms with Gasteiger partial charge in [-0.25, -0.2) is 0 Å². The predicted molar refractivity (Wildman–Crippen MR) is 108 cm³/mol. The van der Waals surface area contributed by atoms with Crippen LogP contribution in [0.2, 0.25) is 0 Å². The Labute approximate surface area is 164 Å². The van der Waals surface area contributed by atoms with Crippen LogP contribution in [0.5, 0.6) is 11.5 Å². The number of benzene rings is 2. The van der Waals surface area contributed by atoms with E-state index in [0.717, 1.165) is 25.1 Å². The molecule has 4 rings (SSSR count). The van der Waals surface area contributed by atoms with Crippen LogP contribution in [0.4, 0.5) is 11.7 Å². The van der Waals surface area contributed by atoms with Crippen LogP contribution in [-0.4, -0.2) is 44.0 Å². The van der Waals surface area contributed by atoms with E-state index >= 15 is 0 Å². The molecule has 0 bridgehead atoms. The molecule has 0 aliphatic carbocycles. The van der Waals surface area contributed by atoms with Gasteiger partial charge in [0.15, 0.2) is 11.5 Å². The number of fused-ring (bicyclic) bond motifs is 1. The molecule has 2 aromatic carbocycles. The zero-order valence-electron chi connectivity index (χ0n) is 16.1. The quantitative estimate of drug-likeness (QED) is 0.671. The molecule has 0 fully saturated rings. The first-order valence-electron chi connectivity index (χ1n) is 9.42. The number of para-hydroxylation sites is 2. The van der Waals surface area contributed by atoms with E-state index in [1.807, 2.05) is 18.2 Å². The van der Waals surface area contributed by atoms with E-state index in [4.69, 9.17) is 14.0 Å². The van der Waals surface area contributed by atoms with Crippen molar-refractivity contribution in [3.05, 3.63) is 48.0 Å². The topological polar surface area (TPSA) is 72.7 Å². The lowest BCUT2D eigenvalue weighted by Crippen LogP contribution is -2.33. The zero-order chi connectivity index (χ0) is 19.3. The third kappa shape index (κ3) is 3.60. The minimum absolute atomic E-state index is 0.394. The third-order valence-corrected chi connectivity index (χ3v) is 4.93. The Morgan fingerprint density at radius 1 is 1.11 bits per heavy atom. The van der Waals surface area contributed by atoms with Gasteiger partial charge in [-0.1, -0.05) is 29.4 Å². The number of aromatic nitrogens is 2. The molecule has 3 aromatic rings. The van der Waals surface area contributed by atoms with Crippen molar-refractivity contribution in [1.82, 2.24) is 10.1 Å². The molecule has 1 aliphatic rings. The molecule has 28 heavy (non-hydrogen) atoms. The Kier molecular flexibility index (Phi) is 5.32. The van der Waals surface area contributed by atoms with Crippen LogP contribution in [0.25, 0.3) is 11.4 Å². The van der Waals surface area contributed by atoms with E-state index in [1.165, 1.54) is 17.7 Å². The molecule has 146 valence electrons. The van der Waals surface area contributed by atoms with E-state index in [9.17, 15) is 0 Å². The second-order valence-electron chi connectivity index (χ2n) is 6.61. The Morgan fingerprint density at radius 3 is 2.86 bits per heavy atom. The molecule has 1 N–H and O–H groups in total. The third-order valence-electron chi connectivity index (χ3n) is 4.93. The number of rotatable bonds is 7. The summed E-state index contributed by atoms with van der Waals surface area (Å²) >= 11 is 0. The van der Waals surface area contributed by atoms with E-state index in [-0.39, 0.29) is 0 Å². The maximum absolute atomic E-state index is 5.45. The van der Waals surface area contributed by atoms with Crippen LogP contribution in [0.1, 0.15) is 12.0 Å². The summed E-state index contributed by atoms with van der Waals surface area (Å²) in [7, 11) is 3.20. The summed E-state index contributed by atoms with van der Waals surface area (Å²) in [5, 5.41) is 7.30. The molecular weight excluding hydrogens is 356 g/mol. The molecule has 0 atom stereocenters. The average molecular weight is 380 g/mol. The minimum Gasteiger partial charge on any atom is -0.493 e. The average Bonchev–Trinajstić information content (AvgIpc) is 3.22. The van der Waals surface area contributed by atoms with Gasteiger partial charge in [-0.3, -0.25) is 0 Å². The molecule has 2 heterocycles. The lowest BCUT2D eigenvalue weighted by atomic mass is 10.0. The Hall–Kier alpha value is -3.22. The summed E-state index contributed by atoms with van der Waals surface area (Å²) in [5.74, 6) is 1.67.